The van der Waals surface area contributed by atoms with Gasteiger partial charge in [-0.15, -0.1) is 0 Å². The number of aromatic nitrogens is 3. The number of nitrogens with zero attached hydrogens (tertiary/aromatic N) is 3. The molecule has 120 valence electrons. The number of rotatable bonds is 7. The van der Waals surface area contributed by atoms with Crippen molar-refractivity contribution in [3.63, 3.8) is 0 Å². The Morgan fingerprint density at radius 2 is 2.00 bits per heavy atom. The first-order chi connectivity index (χ1) is 11.3. The summed E-state index contributed by atoms with van der Waals surface area (Å²) in [5.41, 5.74) is 3.06. The molecule has 0 unspecified atom stereocenters. The third-order valence-electron chi connectivity index (χ3n) is 3.94. The van der Waals surface area contributed by atoms with Crippen LogP contribution in [0.4, 0.5) is 0 Å². The highest BCUT2D eigenvalue weighted by Crippen LogP contribution is 2.23. The number of carbonyl (C=O) groups excluding carboxylic acids is 1. The van der Waals surface area contributed by atoms with Crippen molar-refractivity contribution in [3.05, 3.63) is 36.8 Å². The molecule has 0 aliphatic rings. The van der Waals surface area contributed by atoms with Crippen molar-refractivity contribution < 1.29 is 9.53 Å². The summed E-state index contributed by atoms with van der Waals surface area (Å²) >= 11 is 0. The first-order valence-electron chi connectivity index (χ1n) is 8.14. The smallest absolute Gasteiger partial charge is 0.305 e. The number of hydrogen-bond acceptors (Lipinski definition) is 4. The summed E-state index contributed by atoms with van der Waals surface area (Å²) in [5.74, 6) is -0.0994. The van der Waals surface area contributed by atoms with Gasteiger partial charge in [0.05, 0.1) is 30.2 Å². The minimum absolute atomic E-state index is 0.0994. The maximum atomic E-state index is 11.3. The number of esters is 1. The lowest BCUT2D eigenvalue weighted by Crippen LogP contribution is -2.03. The summed E-state index contributed by atoms with van der Waals surface area (Å²) in [6.07, 6.45) is 7.10. The topological polar surface area (TPSA) is 57.0 Å². The van der Waals surface area contributed by atoms with E-state index >= 15 is 0 Å². The van der Waals surface area contributed by atoms with Gasteiger partial charge in [-0.3, -0.25) is 9.78 Å². The summed E-state index contributed by atoms with van der Waals surface area (Å²) in [7, 11) is 0. The van der Waals surface area contributed by atoms with Crippen LogP contribution in [-0.2, 0) is 16.1 Å². The summed E-state index contributed by atoms with van der Waals surface area (Å²) in [5, 5.41) is 1.13. The van der Waals surface area contributed by atoms with Crippen LogP contribution in [0.1, 0.15) is 32.6 Å². The van der Waals surface area contributed by atoms with E-state index in [0.29, 0.717) is 13.0 Å². The molecule has 0 aliphatic heterocycles. The second-order valence-corrected chi connectivity index (χ2v) is 5.56. The number of hydrogen-bond donors (Lipinski definition) is 0. The van der Waals surface area contributed by atoms with Gasteiger partial charge in [-0.05, 0) is 25.8 Å². The zero-order valence-corrected chi connectivity index (χ0v) is 13.4. The molecule has 1 aromatic carbocycles. The molecule has 5 nitrogen and oxygen atoms in total. The van der Waals surface area contributed by atoms with E-state index in [4.69, 9.17) is 4.74 Å². The number of benzene rings is 1. The molecule has 23 heavy (non-hydrogen) atoms. The van der Waals surface area contributed by atoms with Gasteiger partial charge < -0.3 is 9.30 Å². The van der Waals surface area contributed by atoms with Gasteiger partial charge in [-0.25, -0.2) is 4.98 Å². The SMILES string of the molecule is CCOC(=O)CCCCCn1cnc2cnc3ccccc3c21. The van der Waals surface area contributed by atoms with E-state index < -0.39 is 0 Å². The summed E-state index contributed by atoms with van der Waals surface area (Å²) in [6.45, 7) is 3.19. The van der Waals surface area contributed by atoms with E-state index in [2.05, 4.69) is 20.6 Å². The average Bonchev–Trinajstić information content (AvgIpc) is 2.98. The third kappa shape index (κ3) is 3.50. The van der Waals surface area contributed by atoms with Gasteiger partial charge in [0.2, 0.25) is 0 Å². The molecule has 0 radical (unpaired) electrons. The lowest BCUT2D eigenvalue weighted by molar-refractivity contribution is -0.143. The Bertz CT molecular complexity index is 810. The molecule has 2 aromatic heterocycles. The van der Waals surface area contributed by atoms with E-state index in [-0.39, 0.29) is 5.97 Å². The highest BCUT2D eigenvalue weighted by Gasteiger charge is 2.08. The minimum atomic E-state index is -0.0994. The van der Waals surface area contributed by atoms with E-state index in [0.717, 1.165) is 47.7 Å². The lowest BCUT2D eigenvalue weighted by Gasteiger charge is -2.06. The molecule has 0 saturated carbocycles. The molecule has 0 aliphatic carbocycles. The Morgan fingerprint density at radius 1 is 1.13 bits per heavy atom. The van der Waals surface area contributed by atoms with E-state index in [9.17, 15) is 4.79 Å². The summed E-state index contributed by atoms with van der Waals surface area (Å²) in [4.78, 5) is 20.2. The van der Waals surface area contributed by atoms with Gasteiger partial charge in [0, 0.05) is 18.4 Å². The number of carbonyl (C=O) groups is 1. The molecule has 0 N–H and O–H groups in total. The van der Waals surface area contributed by atoms with E-state index in [1.54, 1.807) is 0 Å². The largest absolute Gasteiger partial charge is 0.466 e. The zero-order valence-electron chi connectivity index (χ0n) is 13.4. The monoisotopic (exact) mass is 311 g/mol. The summed E-state index contributed by atoms with van der Waals surface area (Å²) < 4.78 is 7.12. The maximum absolute atomic E-state index is 11.3. The molecule has 0 atom stereocenters. The van der Waals surface area contributed by atoms with Crippen molar-refractivity contribution in [1.82, 2.24) is 14.5 Å². The quantitative estimate of drug-likeness (QED) is 0.493. The summed E-state index contributed by atoms with van der Waals surface area (Å²) in [6, 6.07) is 8.13. The van der Waals surface area contributed by atoms with Crippen molar-refractivity contribution in [3.8, 4) is 0 Å². The van der Waals surface area contributed by atoms with Crippen LogP contribution >= 0.6 is 0 Å². The van der Waals surface area contributed by atoms with Gasteiger partial charge in [0.25, 0.3) is 0 Å². The predicted molar refractivity (Wildman–Crippen MR) is 90.1 cm³/mol. The van der Waals surface area contributed by atoms with Gasteiger partial charge in [-0.2, -0.15) is 0 Å². The molecule has 0 fully saturated rings. The Labute approximate surface area is 135 Å². The first kappa shape index (κ1) is 15.5. The minimum Gasteiger partial charge on any atom is -0.466 e. The fourth-order valence-corrected chi connectivity index (χ4v) is 2.83. The Hall–Kier alpha value is -2.43. The van der Waals surface area contributed by atoms with Crippen LogP contribution in [0.3, 0.4) is 0 Å². The Kier molecular flexibility index (Phi) is 4.86. The zero-order chi connectivity index (χ0) is 16.1. The number of aryl methyl sites for hydroxylation is 1. The highest BCUT2D eigenvalue weighted by atomic mass is 16.5. The number of ether oxygens (including phenoxy) is 1. The normalized spacial score (nSPS) is 11.2. The van der Waals surface area contributed by atoms with E-state index in [1.807, 2.05) is 37.6 Å². The van der Waals surface area contributed by atoms with Crippen molar-refractivity contribution in [1.29, 1.82) is 0 Å². The molecule has 3 rings (SSSR count). The molecule has 5 heteroatoms. The maximum Gasteiger partial charge on any atom is 0.305 e. The van der Waals surface area contributed by atoms with Crippen molar-refractivity contribution in [2.75, 3.05) is 6.61 Å². The number of imidazole rings is 1. The molecular weight excluding hydrogens is 290 g/mol. The van der Waals surface area contributed by atoms with Crippen LogP contribution in [0.15, 0.2) is 36.8 Å². The Morgan fingerprint density at radius 3 is 2.87 bits per heavy atom. The second-order valence-electron chi connectivity index (χ2n) is 5.56. The average molecular weight is 311 g/mol. The van der Waals surface area contributed by atoms with Gasteiger partial charge in [-0.1, -0.05) is 24.6 Å². The van der Waals surface area contributed by atoms with Crippen molar-refractivity contribution in [2.24, 2.45) is 0 Å². The van der Waals surface area contributed by atoms with Crippen LogP contribution in [0.5, 0.6) is 0 Å². The van der Waals surface area contributed by atoms with Crippen molar-refractivity contribution >= 4 is 27.9 Å². The third-order valence-corrected chi connectivity index (χ3v) is 3.94. The van der Waals surface area contributed by atoms with Gasteiger partial charge >= 0.3 is 5.97 Å². The Balaban J connectivity index is 1.65. The fourth-order valence-electron chi connectivity index (χ4n) is 2.83. The molecular formula is C18H21N3O2. The first-order valence-corrected chi connectivity index (χ1v) is 8.14. The van der Waals surface area contributed by atoms with Crippen molar-refractivity contribution in [2.45, 2.75) is 39.2 Å². The number of para-hydroxylation sites is 1. The standard InChI is InChI=1S/C18H21N3O2/c1-2-23-17(22)10-4-3-7-11-21-13-20-16-12-19-15-9-6-5-8-14(15)18(16)21/h5-6,8-9,12-13H,2-4,7,10-11H2,1H3. The number of pyridine rings is 1. The predicted octanol–water partition coefficient (Wildman–Crippen LogP) is 3.71. The molecule has 0 saturated heterocycles. The second kappa shape index (κ2) is 7.22. The fraction of sp³-hybridized carbons (Fsp3) is 0.389. The van der Waals surface area contributed by atoms with Gasteiger partial charge in [0.1, 0.15) is 5.52 Å². The molecule has 3 aromatic rings. The van der Waals surface area contributed by atoms with Crippen LogP contribution < -0.4 is 0 Å². The van der Waals surface area contributed by atoms with Crippen LogP contribution in [0.2, 0.25) is 0 Å². The number of fused-ring (bicyclic) bond motifs is 3. The molecule has 0 spiro atoms. The van der Waals surface area contributed by atoms with Crippen LogP contribution in [0, 0.1) is 0 Å². The van der Waals surface area contributed by atoms with Crippen LogP contribution in [-0.4, -0.2) is 27.1 Å². The van der Waals surface area contributed by atoms with E-state index in [1.165, 1.54) is 0 Å². The highest BCUT2D eigenvalue weighted by molar-refractivity contribution is 6.01. The molecule has 0 bridgehead atoms. The van der Waals surface area contributed by atoms with Gasteiger partial charge in [0.15, 0.2) is 0 Å². The molecule has 0 amide bonds. The molecule has 2 heterocycles. The van der Waals surface area contributed by atoms with Crippen LogP contribution in [0.25, 0.3) is 21.9 Å². The lowest BCUT2D eigenvalue weighted by atomic mass is 10.1. The number of unbranched alkanes of at least 4 members (excludes halogenated alkanes) is 2.